The first-order valence-corrected chi connectivity index (χ1v) is 8.52. The number of unbranched alkanes of at least 4 members (excludes halogenated alkanes) is 1. The van der Waals surface area contributed by atoms with Crippen molar-refractivity contribution in [1.82, 2.24) is 9.21 Å². The van der Waals surface area contributed by atoms with E-state index in [1.54, 1.807) is 0 Å². The fourth-order valence-corrected chi connectivity index (χ4v) is 4.47. The fraction of sp³-hybridized carbons (Fsp3) is 0.800. The Hall–Kier alpha value is -0.600. The predicted octanol–water partition coefficient (Wildman–Crippen LogP) is 0.496. The Morgan fingerprint density at radius 2 is 2.00 bits per heavy atom. The number of hydrogen-bond acceptors (Lipinski definition) is 5. The van der Waals surface area contributed by atoms with Gasteiger partial charge in [-0.1, -0.05) is 25.1 Å². The summed E-state index contributed by atoms with van der Waals surface area (Å²) in [5.74, 6) is 0.116. The highest BCUT2D eigenvalue weighted by Gasteiger charge is 2.45. The summed E-state index contributed by atoms with van der Waals surface area (Å²) in [4.78, 5) is 24.1. The van der Waals surface area contributed by atoms with Crippen LogP contribution >= 0.6 is 11.8 Å². The number of thioether (sulfide) groups is 1. The van der Waals surface area contributed by atoms with Gasteiger partial charge in [-0.15, -0.1) is 0 Å². The van der Waals surface area contributed by atoms with Crippen molar-refractivity contribution in [3.05, 3.63) is 0 Å². The van der Waals surface area contributed by atoms with E-state index in [9.17, 15) is 18.0 Å². The van der Waals surface area contributed by atoms with E-state index in [4.69, 9.17) is 0 Å². The van der Waals surface area contributed by atoms with Gasteiger partial charge in [-0.2, -0.15) is 4.31 Å². The van der Waals surface area contributed by atoms with Gasteiger partial charge in [-0.05, 0) is 6.42 Å². The van der Waals surface area contributed by atoms with Crippen molar-refractivity contribution >= 4 is 32.9 Å². The van der Waals surface area contributed by atoms with Crippen molar-refractivity contribution in [1.29, 1.82) is 0 Å². The molecule has 0 atom stereocenters. The number of sulfonamides is 1. The van der Waals surface area contributed by atoms with Crippen LogP contribution in [0, 0.1) is 0 Å². The minimum Gasteiger partial charge on any atom is -0.273 e. The number of imide groups is 1. The highest BCUT2D eigenvalue weighted by molar-refractivity contribution is 8.14. The number of rotatable bonds is 5. The van der Waals surface area contributed by atoms with Crippen LogP contribution in [0.2, 0.25) is 0 Å². The number of hydrogen-bond donors (Lipinski definition) is 0. The van der Waals surface area contributed by atoms with Gasteiger partial charge < -0.3 is 0 Å². The maximum absolute atomic E-state index is 11.8. The highest BCUT2D eigenvalue weighted by atomic mass is 32.2. The predicted molar refractivity (Wildman–Crippen MR) is 68.8 cm³/mol. The van der Waals surface area contributed by atoms with Crippen LogP contribution in [0.15, 0.2) is 0 Å². The molecular weight excluding hydrogens is 276 g/mol. The molecule has 2 heterocycles. The lowest BCUT2D eigenvalue weighted by Crippen LogP contribution is -2.62. The number of carbonyl (C=O) groups excluding carboxylic acids is 2. The number of nitrogens with zero attached hydrogens (tertiary/aromatic N) is 2. The third-order valence-corrected chi connectivity index (χ3v) is 5.85. The molecular formula is C10H16N2O4S2. The lowest BCUT2D eigenvalue weighted by atomic mass is 10.1. The summed E-state index contributed by atoms with van der Waals surface area (Å²) in [6.45, 7) is 2.45. The Morgan fingerprint density at radius 1 is 1.33 bits per heavy atom. The zero-order chi connectivity index (χ0) is 13.3. The largest absolute Gasteiger partial charge is 0.289 e. The van der Waals surface area contributed by atoms with Crippen LogP contribution in [0.5, 0.6) is 0 Å². The van der Waals surface area contributed by atoms with Crippen molar-refractivity contribution < 1.29 is 18.0 Å². The van der Waals surface area contributed by atoms with E-state index in [0.717, 1.165) is 18.2 Å². The van der Waals surface area contributed by atoms with Crippen LogP contribution in [0.3, 0.4) is 0 Å². The molecule has 0 unspecified atom stereocenters. The summed E-state index contributed by atoms with van der Waals surface area (Å²) >= 11 is 0.983. The quantitative estimate of drug-likeness (QED) is 0.737. The second-order valence-corrected chi connectivity index (χ2v) is 7.47. The average Bonchev–Trinajstić information content (AvgIpc) is 2.56. The van der Waals surface area contributed by atoms with Gasteiger partial charge in [0.1, 0.15) is 0 Å². The molecule has 18 heavy (non-hydrogen) atoms. The van der Waals surface area contributed by atoms with Crippen molar-refractivity contribution in [3.63, 3.8) is 0 Å². The molecule has 2 aliphatic heterocycles. The van der Waals surface area contributed by atoms with Crippen LogP contribution in [0.25, 0.3) is 0 Å². The topological polar surface area (TPSA) is 74.8 Å². The van der Waals surface area contributed by atoms with Gasteiger partial charge in [-0.25, -0.2) is 8.42 Å². The zero-order valence-corrected chi connectivity index (χ0v) is 11.8. The molecule has 2 aliphatic rings. The Morgan fingerprint density at radius 3 is 2.50 bits per heavy atom. The summed E-state index contributed by atoms with van der Waals surface area (Å²) in [6.07, 6.45) is 1.47. The van der Waals surface area contributed by atoms with E-state index in [-0.39, 0.29) is 41.8 Å². The molecule has 2 rings (SSSR count). The molecule has 8 heteroatoms. The summed E-state index contributed by atoms with van der Waals surface area (Å²) in [7, 11) is -3.21. The minimum absolute atomic E-state index is 0.146. The number of amides is 2. The second kappa shape index (κ2) is 5.18. The van der Waals surface area contributed by atoms with Gasteiger partial charge in [0.15, 0.2) is 0 Å². The smallest absolute Gasteiger partial charge is 0.273 e. The minimum atomic E-state index is -3.21. The summed E-state index contributed by atoms with van der Waals surface area (Å²) in [5, 5.41) is -0.254. The monoisotopic (exact) mass is 292 g/mol. The standard InChI is InChI=1S/C10H16N2O4S2/c1-2-3-4-18(15,16)11-5-8(6-11)12-9(13)7-17-10(12)14/h8H,2-7H2,1H3. The fourth-order valence-electron chi connectivity index (χ4n) is 1.98. The first-order chi connectivity index (χ1) is 8.45. The maximum Gasteiger partial charge on any atom is 0.289 e. The normalized spacial score (nSPS) is 22.6. The van der Waals surface area contributed by atoms with Crippen LogP contribution in [0.1, 0.15) is 19.8 Å². The molecule has 102 valence electrons. The molecule has 0 saturated carbocycles. The van der Waals surface area contributed by atoms with Crippen molar-refractivity contribution in [2.45, 2.75) is 25.8 Å². The van der Waals surface area contributed by atoms with E-state index >= 15 is 0 Å². The van der Waals surface area contributed by atoms with Gasteiger partial charge in [0.2, 0.25) is 15.9 Å². The van der Waals surface area contributed by atoms with Crippen molar-refractivity contribution in [2.24, 2.45) is 0 Å². The van der Waals surface area contributed by atoms with Crippen LogP contribution in [0.4, 0.5) is 4.79 Å². The molecule has 0 aromatic carbocycles. The summed E-state index contributed by atoms with van der Waals surface area (Å²) in [6, 6.07) is -0.267. The third-order valence-electron chi connectivity index (χ3n) is 3.13. The molecule has 0 aliphatic carbocycles. The first-order valence-electron chi connectivity index (χ1n) is 5.92. The molecule has 2 amide bonds. The highest BCUT2D eigenvalue weighted by Crippen LogP contribution is 2.27. The van der Waals surface area contributed by atoms with E-state index in [0.29, 0.717) is 6.42 Å². The van der Waals surface area contributed by atoms with Crippen LogP contribution in [-0.2, 0) is 14.8 Å². The molecule has 2 saturated heterocycles. The van der Waals surface area contributed by atoms with E-state index in [1.165, 1.54) is 9.21 Å². The van der Waals surface area contributed by atoms with Gasteiger partial charge >= 0.3 is 0 Å². The van der Waals surface area contributed by atoms with Crippen LogP contribution < -0.4 is 0 Å². The molecule has 0 N–H and O–H groups in total. The zero-order valence-electron chi connectivity index (χ0n) is 10.2. The van der Waals surface area contributed by atoms with Gasteiger partial charge in [0.05, 0.1) is 17.5 Å². The molecule has 0 aromatic rings. The molecule has 0 radical (unpaired) electrons. The van der Waals surface area contributed by atoms with E-state index in [1.807, 2.05) is 6.92 Å². The molecule has 2 fully saturated rings. The van der Waals surface area contributed by atoms with Gasteiger partial charge in [0.25, 0.3) is 5.24 Å². The molecule has 0 spiro atoms. The Kier molecular flexibility index (Phi) is 3.98. The molecule has 0 aromatic heterocycles. The molecule has 0 bridgehead atoms. The number of carbonyl (C=O) groups is 2. The van der Waals surface area contributed by atoms with Crippen LogP contribution in [-0.4, -0.2) is 59.4 Å². The molecule has 6 nitrogen and oxygen atoms in total. The Bertz CT molecular complexity index is 440. The first kappa shape index (κ1) is 13.8. The Labute approximate surface area is 111 Å². The van der Waals surface area contributed by atoms with Gasteiger partial charge in [0, 0.05) is 13.1 Å². The van der Waals surface area contributed by atoms with Crippen molar-refractivity contribution in [2.75, 3.05) is 24.6 Å². The lowest BCUT2D eigenvalue weighted by Gasteiger charge is -2.41. The second-order valence-electron chi connectivity index (χ2n) is 4.46. The van der Waals surface area contributed by atoms with E-state index in [2.05, 4.69) is 0 Å². The summed E-state index contributed by atoms with van der Waals surface area (Å²) < 4.78 is 25.0. The lowest BCUT2D eigenvalue weighted by molar-refractivity contribution is -0.127. The van der Waals surface area contributed by atoms with Gasteiger partial charge in [-0.3, -0.25) is 14.5 Å². The third kappa shape index (κ3) is 2.55. The average molecular weight is 292 g/mol. The van der Waals surface area contributed by atoms with Crippen molar-refractivity contribution in [3.8, 4) is 0 Å². The van der Waals surface area contributed by atoms with E-state index < -0.39 is 10.0 Å². The Balaban J connectivity index is 1.90. The maximum atomic E-state index is 11.8. The SMILES string of the molecule is CCCCS(=O)(=O)N1CC(N2C(=O)CSC2=O)C1. The summed E-state index contributed by atoms with van der Waals surface area (Å²) in [5.41, 5.74) is 0.